The first-order valence-corrected chi connectivity index (χ1v) is 40.2. The topological polar surface area (TPSA) is 69.3 Å². The molecule has 0 aromatic heterocycles. The van der Waals surface area contributed by atoms with Crippen LogP contribution >= 0.6 is 0 Å². The molecule has 0 saturated heterocycles. The van der Waals surface area contributed by atoms with Gasteiger partial charge in [-0.1, -0.05) is 206 Å². The quantitative estimate of drug-likeness (QED) is 0.0545. The second kappa shape index (κ2) is 32.6. The molecule has 0 amide bonds. The third kappa shape index (κ3) is 14.0. The van der Waals surface area contributed by atoms with E-state index < -0.39 is 46.5 Å². The molecule has 0 unspecified atom stereocenters. The SMILES string of the molecule is [C-]#[N+]c1ccc(N(c2cc(-c3ccccc3)c(F)cc2F)c2ccc3ccc4c(N(c5ccc(C#N)cc5)c5cc(-c6ccccc6)c(F)cc5F)ccc5ccc2c3c54)cc1.[C-]#[N+]c1ccc(N(c2cc(-c3ccccc3C)c(F)cc2F)c2ccc3ccc4c(N(c5ccc(C#N)cc5)c5cc(-c6ccccc6C)c(F)cc5F)ccc5ccc2c3c54)cc1. The predicted molar refractivity (Wildman–Crippen MR) is 492 cm³/mol. The molecule has 126 heavy (non-hydrogen) atoms. The van der Waals surface area contributed by atoms with E-state index in [1.165, 1.54) is 24.3 Å². The Morgan fingerprint density at radius 2 is 0.484 bits per heavy atom. The zero-order valence-corrected chi connectivity index (χ0v) is 67.1. The van der Waals surface area contributed by atoms with Gasteiger partial charge >= 0.3 is 0 Å². The van der Waals surface area contributed by atoms with Gasteiger partial charge < -0.3 is 19.6 Å². The molecular formula is C110H64F8N8. The maximum Gasteiger partial charge on any atom is 0.187 e. The molecule has 0 spiro atoms. The molecular weight excluding hydrogens is 1590 g/mol. The number of rotatable bonds is 16. The first-order valence-electron chi connectivity index (χ1n) is 40.2. The molecule has 0 atom stereocenters. The van der Waals surface area contributed by atoms with Gasteiger partial charge in [0.25, 0.3) is 0 Å². The largest absolute Gasteiger partial charge is 0.307 e. The van der Waals surface area contributed by atoms with Gasteiger partial charge in [-0.15, -0.1) is 0 Å². The molecule has 20 rings (SSSR count). The van der Waals surface area contributed by atoms with Gasteiger partial charge in [0.2, 0.25) is 0 Å². The highest BCUT2D eigenvalue weighted by molar-refractivity contribution is 6.30. The van der Waals surface area contributed by atoms with Crippen LogP contribution in [0.3, 0.4) is 0 Å². The summed E-state index contributed by atoms with van der Waals surface area (Å²) in [6.07, 6.45) is 0. The summed E-state index contributed by atoms with van der Waals surface area (Å²) >= 11 is 0. The molecule has 0 N–H and O–H groups in total. The van der Waals surface area contributed by atoms with Crippen LogP contribution in [0.25, 0.3) is 119 Å². The Morgan fingerprint density at radius 1 is 0.238 bits per heavy atom. The Bertz CT molecular complexity index is 7430. The predicted octanol–water partition coefficient (Wildman–Crippen LogP) is 32.3. The van der Waals surface area contributed by atoms with Crippen molar-refractivity contribution in [2.45, 2.75) is 13.8 Å². The van der Waals surface area contributed by atoms with Crippen molar-refractivity contribution in [2.24, 2.45) is 0 Å². The van der Waals surface area contributed by atoms with E-state index in [1.54, 1.807) is 177 Å². The van der Waals surface area contributed by atoms with Gasteiger partial charge in [0.15, 0.2) is 11.4 Å². The van der Waals surface area contributed by atoms with E-state index in [9.17, 15) is 10.5 Å². The van der Waals surface area contributed by atoms with Crippen LogP contribution in [-0.2, 0) is 0 Å². The average Bonchev–Trinajstić information content (AvgIpc) is 0.720. The third-order valence-corrected chi connectivity index (χ3v) is 23.3. The lowest BCUT2D eigenvalue weighted by Crippen LogP contribution is -2.14. The minimum absolute atomic E-state index is 0.0979. The Morgan fingerprint density at radius 3 is 0.754 bits per heavy atom. The van der Waals surface area contributed by atoms with Crippen LogP contribution < -0.4 is 19.6 Å². The van der Waals surface area contributed by atoms with Gasteiger partial charge in [-0.25, -0.2) is 44.8 Å². The summed E-state index contributed by atoms with van der Waals surface area (Å²) in [4.78, 5) is 14.1. The lowest BCUT2D eigenvalue weighted by Gasteiger charge is -2.30. The summed E-state index contributed by atoms with van der Waals surface area (Å²) in [7, 11) is 0. The summed E-state index contributed by atoms with van der Waals surface area (Å²) in [5.41, 5.74) is 11.6. The summed E-state index contributed by atoms with van der Waals surface area (Å²) in [5.74, 6) is -5.92. The van der Waals surface area contributed by atoms with Crippen LogP contribution in [0.5, 0.6) is 0 Å². The minimum atomic E-state index is -0.782. The highest BCUT2D eigenvalue weighted by Crippen LogP contribution is 2.54. The molecule has 0 aliphatic carbocycles. The Hall–Kier alpha value is -16.9. The summed E-state index contributed by atoms with van der Waals surface area (Å²) in [6.45, 7) is 18.9. The van der Waals surface area contributed by atoms with Gasteiger partial charge in [0.1, 0.15) is 46.5 Å². The molecule has 0 heterocycles. The van der Waals surface area contributed by atoms with Crippen molar-refractivity contribution in [1.82, 2.24) is 0 Å². The first-order chi connectivity index (χ1) is 61.4. The van der Waals surface area contributed by atoms with E-state index in [4.69, 9.17) is 13.1 Å². The number of anilines is 12. The molecule has 8 nitrogen and oxygen atoms in total. The maximum absolute atomic E-state index is 16.5. The Labute approximate surface area is 719 Å². The van der Waals surface area contributed by atoms with E-state index in [2.05, 4.69) is 21.8 Å². The number of nitrogens with zero attached hydrogens (tertiary/aromatic N) is 8. The Kier molecular flexibility index (Phi) is 20.4. The van der Waals surface area contributed by atoms with E-state index in [0.717, 1.165) is 100 Å². The molecule has 16 heteroatoms. The molecule has 0 fully saturated rings. The van der Waals surface area contributed by atoms with E-state index in [-0.39, 0.29) is 45.0 Å². The van der Waals surface area contributed by atoms with Crippen molar-refractivity contribution in [3.63, 3.8) is 0 Å². The van der Waals surface area contributed by atoms with Crippen molar-refractivity contribution in [3.05, 3.63) is 443 Å². The lowest BCUT2D eigenvalue weighted by molar-refractivity contribution is 0.585. The van der Waals surface area contributed by atoms with Crippen molar-refractivity contribution in [1.29, 1.82) is 10.5 Å². The monoisotopic (exact) mass is 1650 g/mol. The maximum atomic E-state index is 16.5. The molecule has 0 aliphatic heterocycles. The first kappa shape index (κ1) is 78.9. The average molecular weight is 1650 g/mol. The zero-order valence-electron chi connectivity index (χ0n) is 67.1. The second-order valence-corrected chi connectivity index (χ2v) is 30.6. The fraction of sp³-hybridized carbons (Fsp3) is 0.0182. The number of benzene rings is 20. The molecule has 20 aromatic carbocycles. The smallest absolute Gasteiger partial charge is 0.187 e. The van der Waals surface area contributed by atoms with Crippen LogP contribution in [0.4, 0.5) is 115 Å². The van der Waals surface area contributed by atoms with Gasteiger partial charge in [0.05, 0.1) is 81.9 Å². The van der Waals surface area contributed by atoms with Gasteiger partial charge in [-0.3, -0.25) is 0 Å². The third-order valence-electron chi connectivity index (χ3n) is 23.3. The second-order valence-electron chi connectivity index (χ2n) is 30.6. The standard InChI is InChI=1S/C56H34F4N4.C54H30F4N4/c1-33-8-4-6-10-41(33)45-28-53(49(59)30-47(45)57)63(39-20-12-35(32-61)13-21-39)51-26-16-36-15-25-44-52(27-17-37-14-24-43(51)55(36)56(37)44)64(40-22-18-38(62-3)19-23-40)54-29-46(48(58)31-50(54)60)42-11-7-5-9-34(42)2;1-60-38-18-22-40(23-19-38)62(52-29-44(46(56)31-48(52)58)35-10-6-3-7-11-35)50-27-17-37-14-24-41-49(26-16-36-15-25-42(50)54(37)53(36)41)61(39-20-12-33(32-59)13-21-39)51-28-43(45(55)30-47(51)57)34-8-4-2-5-9-34/h4-31H,1-2H3;2-31H. The van der Waals surface area contributed by atoms with Crippen LogP contribution in [0.15, 0.2) is 352 Å². The van der Waals surface area contributed by atoms with Crippen molar-refractivity contribution >= 4 is 144 Å². The Balaban J connectivity index is 0.000000165. The zero-order chi connectivity index (χ0) is 86.7. The van der Waals surface area contributed by atoms with Crippen LogP contribution in [0, 0.1) is 96.2 Å². The van der Waals surface area contributed by atoms with Crippen molar-refractivity contribution in [3.8, 4) is 56.6 Å². The van der Waals surface area contributed by atoms with Crippen LogP contribution in [-0.4, -0.2) is 0 Å². The lowest BCUT2D eigenvalue weighted by atomic mass is 9.91. The molecule has 0 saturated carbocycles. The number of nitriles is 2. The van der Waals surface area contributed by atoms with Crippen molar-refractivity contribution in [2.75, 3.05) is 19.6 Å². The van der Waals surface area contributed by atoms with Gasteiger partial charge in [-0.2, -0.15) is 10.5 Å². The summed E-state index contributed by atoms with van der Waals surface area (Å²) < 4.78 is 129. The number of halogens is 8. The van der Waals surface area contributed by atoms with Crippen molar-refractivity contribution < 1.29 is 35.1 Å². The molecule has 600 valence electrons. The number of aryl methyl sites for hydroxylation is 2. The van der Waals surface area contributed by atoms with Gasteiger partial charge in [-0.05, 0) is 212 Å². The number of hydrogen-bond donors (Lipinski definition) is 0. The van der Waals surface area contributed by atoms with E-state index in [0.29, 0.717) is 90.3 Å². The van der Waals surface area contributed by atoms with Crippen LogP contribution in [0.2, 0.25) is 0 Å². The highest BCUT2D eigenvalue weighted by Gasteiger charge is 2.31. The molecule has 0 radical (unpaired) electrons. The summed E-state index contributed by atoms with van der Waals surface area (Å²) in [6, 6.07) is 105. The highest BCUT2D eigenvalue weighted by atomic mass is 19.2. The minimum Gasteiger partial charge on any atom is -0.307 e. The summed E-state index contributed by atoms with van der Waals surface area (Å²) in [5, 5.41) is 29.2. The molecule has 0 aliphatic rings. The van der Waals surface area contributed by atoms with E-state index >= 15 is 35.1 Å². The normalized spacial score (nSPS) is 11.2. The fourth-order valence-corrected chi connectivity index (χ4v) is 17.4. The molecule has 20 aromatic rings. The van der Waals surface area contributed by atoms with Gasteiger partial charge in [0, 0.05) is 90.8 Å². The van der Waals surface area contributed by atoms with Crippen LogP contribution in [0.1, 0.15) is 22.3 Å². The van der Waals surface area contributed by atoms with E-state index in [1.807, 2.05) is 159 Å². The fourth-order valence-electron chi connectivity index (χ4n) is 17.4. The number of hydrogen-bond acceptors (Lipinski definition) is 6. The molecule has 0 bridgehead atoms.